The maximum atomic E-state index is 8.74. The first kappa shape index (κ1) is 13.0. The molecule has 2 aromatic carbocycles. The molecule has 0 aliphatic rings. The van der Waals surface area contributed by atoms with E-state index in [1.165, 1.54) is 14.5 Å². The number of nitriles is 1. The van der Waals surface area contributed by atoms with Crippen molar-refractivity contribution in [2.24, 2.45) is 0 Å². The van der Waals surface area contributed by atoms with Crippen molar-refractivity contribution in [2.45, 2.75) is 6.92 Å². The number of hydrogen-bond acceptors (Lipinski definition) is 2. The Labute approximate surface area is 118 Å². The zero-order valence-electron chi connectivity index (χ0n) is 9.77. The monoisotopic (exact) mass is 322 g/mol. The van der Waals surface area contributed by atoms with Gasteiger partial charge in [-0.1, -0.05) is 0 Å². The summed E-state index contributed by atoms with van der Waals surface area (Å²) in [4.78, 5) is 0. The molecule has 0 aromatic heterocycles. The Balaban J connectivity index is 2.30. The summed E-state index contributed by atoms with van der Waals surface area (Å²) in [5.74, 6) is 0. The average Bonchev–Trinajstić information content (AvgIpc) is 2.36. The van der Waals surface area contributed by atoms with Crippen LogP contribution in [0.25, 0.3) is 0 Å². The first-order valence-corrected chi connectivity index (χ1v) is 7.47. The van der Waals surface area contributed by atoms with Crippen molar-refractivity contribution in [3.8, 4) is 6.19 Å². The van der Waals surface area contributed by atoms with Crippen molar-refractivity contribution >= 4 is 41.2 Å². The molecule has 0 spiro atoms. The van der Waals surface area contributed by atoms with Gasteiger partial charge in [0.2, 0.25) is 0 Å². The summed E-state index contributed by atoms with van der Waals surface area (Å²) in [5, 5.41) is 12.2. The van der Waals surface area contributed by atoms with Crippen LogP contribution < -0.4 is 14.2 Å². The number of halogens is 1. The molecular weight excluding hydrogens is 311 g/mol. The number of rotatable bonds is 3. The van der Waals surface area contributed by atoms with Crippen molar-refractivity contribution in [3.05, 3.63) is 53.1 Å². The topological polar surface area (TPSA) is 35.8 Å². The molecule has 0 heterocycles. The molecule has 0 fully saturated rings. The second-order valence-electron chi connectivity index (χ2n) is 3.79. The normalized spacial score (nSPS) is 9.83. The van der Waals surface area contributed by atoms with Gasteiger partial charge < -0.3 is 0 Å². The fourth-order valence-electron chi connectivity index (χ4n) is 1.51. The van der Waals surface area contributed by atoms with Gasteiger partial charge in [-0.2, -0.15) is 0 Å². The maximum absolute atomic E-state index is 8.74. The van der Waals surface area contributed by atoms with Crippen molar-refractivity contribution in [1.29, 1.82) is 5.26 Å². The molecule has 0 aliphatic heterocycles. The Morgan fingerprint density at radius 3 is 2.56 bits per heavy atom. The van der Waals surface area contributed by atoms with E-state index in [0.29, 0.717) is 0 Å². The Morgan fingerprint density at radius 2 is 1.89 bits per heavy atom. The average molecular weight is 322 g/mol. The molecule has 0 aliphatic carbocycles. The van der Waals surface area contributed by atoms with Gasteiger partial charge in [0.1, 0.15) is 0 Å². The van der Waals surface area contributed by atoms with Crippen LogP contribution in [0, 0.1) is 18.4 Å². The SMILES string of the molecule is Cc1ccc(NC#N)c([Se]c2ccc(Cl)cc2)c1. The predicted molar refractivity (Wildman–Crippen MR) is 76.9 cm³/mol. The minimum atomic E-state index is 0.162. The van der Waals surface area contributed by atoms with E-state index < -0.39 is 0 Å². The Hall–Kier alpha value is -1.46. The van der Waals surface area contributed by atoms with Gasteiger partial charge in [0.25, 0.3) is 0 Å². The van der Waals surface area contributed by atoms with Crippen LogP contribution in [0.4, 0.5) is 5.69 Å². The number of hydrogen-bond donors (Lipinski definition) is 1. The summed E-state index contributed by atoms with van der Waals surface area (Å²) < 4.78 is 2.41. The summed E-state index contributed by atoms with van der Waals surface area (Å²) in [6, 6.07) is 13.9. The standard InChI is InChI=1S/C14H11ClN2Se/c1-10-2-7-13(17-9-16)14(8-10)18-12-5-3-11(15)4-6-12/h2-8,17H,1H3. The third-order valence-corrected chi connectivity index (χ3v) is 4.86. The molecule has 0 radical (unpaired) electrons. The van der Waals surface area contributed by atoms with Crippen molar-refractivity contribution in [2.75, 3.05) is 5.32 Å². The quantitative estimate of drug-likeness (QED) is 0.534. The van der Waals surface area contributed by atoms with Gasteiger partial charge in [-0.25, -0.2) is 0 Å². The van der Waals surface area contributed by atoms with Crippen molar-refractivity contribution < 1.29 is 0 Å². The summed E-state index contributed by atoms with van der Waals surface area (Å²) >= 11 is 6.03. The van der Waals surface area contributed by atoms with E-state index in [4.69, 9.17) is 16.9 Å². The first-order valence-electron chi connectivity index (χ1n) is 5.38. The van der Waals surface area contributed by atoms with Gasteiger partial charge in [0.05, 0.1) is 0 Å². The summed E-state index contributed by atoms with van der Waals surface area (Å²) in [6.07, 6.45) is 1.98. The zero-order chi connectivity index (χ0) is 13.0. The van der Waals surface area contributed by atoms with Gasteiger partial charge in [-0.15, -0.1) is 0 Å². The number of nitrogens with one attached hydrogen (secondary N) is 1. The van der Waals surface area contributed by atoms with Gasteiger partial charge in [-0.05, 0) is 0 Å². The van der Waals surface area contributed by atoms with Gasteiger partial charge in [0, 0.05) is 0 Å². The summed E-state index contributed by atoms with van der Waals surface area (Å²) in [6.45, 7) is 2.05. The number of aryl methyl sites for hydroxylation is 1. The van der Waals surface area contributed by atoms with E-state index in [0.717, 1.165) is 10.7 Å². The van der Waals surface area contributed by atoms with Crippen LogP contribution in [-0.4, -0.2) is 15.0 Å². The molecule has 18 heavy (non-hydrogen) atoms. The molecule has 90 valence electrons. The Morgan fingerprint density at radius 1 is 1.17 bits per heavy atom. The molecule has 2 nitrogen and oxygen atoms in total. The predicted octanol–water partition coefficient (Wildman–Crippen LogP) is 2.20. The van der Waals surface area contributed by atoms with Gasteiger partial charge >= 0.3 is 118 Å². The third kappa shape index (κ3) is 3.27. The van der Waals surface area contributed by atoms with Crippen molar-refractivity contribution in [1.82, 2.24) is 0 Å². The van der Waals surface area contributed by atoms with Crippen LogP contribution in [-0.2, 0) is 0 Å². The fraction of sp³-hybridized carbons (Fsp3) is 0.0714. The van der Waals surface area contributed by atoms with E-state index in [-0.39, 0.29) is 15.0 Å². The van der Waals surface area contributed by atoms with Crippen LogP contribution >= 0.6 is 11.6 Å². The molecule has 2 rings (SSSR count). The second-order valence-corrected chi connectivity index (χ2v) is 6.57. The van der Waals surface area contributed by atoms with Crippen LogP contribution in [0.1, 0.15) is 5.56 Å². The van der Waals surface area contributed by atoms with E-state index in [1.807, 2.05) is 42.6 Å². The first-order chi connectivity index (χ1) is 8.69. The van der Waals surface area contributed by atoms with E-state index in [2.05, 4.69) is 18.3 Å². The van der Waals surface area contributed by atoms with Crippen LogP contribution in [0.2, 0.25) is 5.02 Å². The molecule has 0 atom stereocenters. The number of benzene rings is 2. The van der Waals surface area contributed by atoms with E-state index in [1.54, 1.807) is 0 Å². The Kier molecular flexibility index (Phi) is 4.28. The second kappa shape index (κ2) is 5.93. The zero-order valence-corrected chi connectivity index (χ0v) is 12.2. The van der Waals surface area contributed by atoms with E-state index >= 15 is 0 Å². The van der Waals surface area contributed by atoms with Crippen LogP contribution in [0.15, 0.2) is 42.5 Å². The minimum absolute atomic E-state index is 0.162. The molecular formula is C14H11ClN2Se. The fourth-order valence-corrected chi connectivity index (χ4v) is 3.73. The van der Waals surface area contributed by atoms with Gasteiger partial charge in [0.15, 0.2) is 0 Å². The molecule has 0 amide bonds. The number of nitrogens with zero attached hydrogens (tertiary/aromatic N) is 1. The van der Waals surface area contributed by atoms with E-state index in [9.17, 15) is 0 Å². The summed E-state index contributed by atoms with van der Waals surface area (Å²) in [7, 11) is 0. The molecule has 0 saturated heterocycles. The summed E-state index contributed by atoms with van der Waals surface area (Å²) in [5.41, 5.74) is 2.09. The molecule has 2 aromatic rings. The van der Waals surface area contributed by atoms with Crippen LogP contribution in [0.3, 0.4) is 0 Å². The Bertz CT molecular complexity index is 588. The molecule has 0 bridgehead atoms. The van der Waals surface area contributed by atoms with Crippen LogP contribution in [0.5, 0.6) is 0 Å². The van der Waals surface area contributed by atoms with Gasteiger partial charge in [-0.3, -0.25) is 0 Å². The van der Waals surface area contributed by atoms with Crippen molar-refractivity contribution in [3.63, 3.8) is 0 Å². The number of anilines is 1. The molecule has 1 N–H and O–H groups in total. The molecule has 4 heteroatoms. The molecule has 0 saturated carbocycles. The molecule has 0 unspecified atom stereocenters. The third-order valence-electron chi connectivity index (χ3n) is 2.37.